The van der Waals surface area contributed by atoms with E-state index < -0.39 is 5.41 Å². The normalized spacial score (nSPS) is 13.0. The zero-order valence-electron chi connectivity index (χ0n) is 37.4. The van der Waals surface area contributed by atoms with Crippen molar-refractivity contribution in [2.45, 2.75) is 5.41 Å². The summed E-state index contributed by atoms with van der Waals surface area (Å²) in [5.41, 5.74) is 19.7. The number of hydrogen-bond acceptors (Lipinski definition) is 6. The summed E-state index contributed by atoms with van der Waals surface area (Å²) in [6.07, 6.45) is 7.18. The molecule has 6 heteroatoms. The van der Waals surface area contributed by atoms with Gasteiger partial charge in [-0.2, -0.15) is 0 Å². The van der Waals surface area contributed by atoms with Crippen LogP contribution in [0.4, 0.5) is 34.1 Å². The highest BCUT2D eigenvalue weighted by molar-refractivity contribution is 5.99. The summed E-state index contributed by atoms with van der Waals surface area (Å²) in [7, 11) is 0. The van der Waals surface area contributed by atoms with Crippen molar-refractivity contribution in [3.63, 3.8) is 0 Å². The largest absolute Gasteiger partial charge is 0.310 e. The molecule has 0 atom stereocenters. The van der Waals surface area contributed by atoms with Crippen LogP contribution < -0.4 is 9.80 Å². The van der Waals surface area contributed by atoms with E-state index >= 15 is 0 Å². The molecule has 6 nitrogen and oxygen atoms in total. The maximum absolute atomic E-state index is 5.14. The number of pyridine rings is 2. The van der Waals surface area contributed by atoms with Crippen molar-refractivity contribution in [2.75, 3.05) is 9.80 Å². The number of fused-ring (bicyclic) bond motifs is 12. The first kappa shape index (κ1) is 40.1. The minimum atomic E-state index is -0.740. The SMILES string of the molecule is c1ccc(N2c3ccccc3C3(c4ccccc4-c4ccccc4N(c4ccc(-c5nc(-c6ccncc6)cc(-c6ccncc6)n5)cc4)c4ccccc4-c4ccccc43)c3ccccc32)cc1. The van der Waals surface area contributed by atoms with Crippen LogP contribution in [0.3, 0.4) is 0 Å². The highest BCUT2D eigenvalue weighted by Gasteiger charge is 2.49. The van der Waals surface area contributed by atoms with E-state index in [-0.39, 0.29) is 0 Å². The van der Waals surface area contributed by atoms with Gasteiger partial charge in [-0.05, 0) is 124 Å². The Labute approximate surface area is 401 Å². The van der Waals surface area contributed by atoms with Crippen molar-refractivity contribution in [1.82, 2.24) is 19.9 Å². The smallest absolute Gasteiger partial charge is 0.160 e. The third-order valence-electron chi connectivity index (χ3n) is 13.7. The van der Waals surface area contributed by atoms with Gasteiger partial charge in [0.15, 0.2) is 5.82 Å². The second-order valence-corrected chi connectivity index (χ2v) is 17.4. The molecular formula is C63H42N6. The average Bonchev–Trinajstić information content (AvgIpc) is 3.43. The van der Waals surface area contributed by atoms with Crippen LogP contribution in [0.5, 0.6) is 0 Å². The second-order valence-electron chi connectivity index (χ2n) is 17.4. The van der Waals surface area contributed by atoms with Crippen LogP contribution in [-0.4, -0.2) is 19.9 Å². The molecule has 0 unspecified atom stereocenters. The van der Waals surface area contributed by atoms with Crippen molar-refractivity contribution in [2.24, 2.45) is 0 Å². The molecule has 0 saturated heterocycles. The van der Waals surface area contributed by atoms with Crippen molar-refractivity contribution in [3.05, 3.63) is 278 Å². The average molecular weight is 883 g/mol. The second kappa shape index (κ2) is 16.6. The van der Waals surface area contributed by atoms with Gasteiger partial charge in [0.1, 0.15) is 0 Å². The molecule has 13 rings (SSSR count). The van der Waals surface area contributed by atoms with Gasteiger partial charge in [0.05, 0.1) is 39.6 Å². The van der Waals surface area contributed by atoms with Gasteiger partial charge in [-0.15, -0.1) is 0 Å². The molecule has 2 aliphatic rings. The van der Waals surface area contributed by atoms with E-state index in [9.17, 15) is 0 Å². The Morgan fingerprint density at radius 1 is 0.290 bits per heavy atom. The monoisotopic (exact) mass is 882 g/mol. The molecular weight excluding hydrogens is 841 g/mol. The van der Waals surface area contributed by atoms with Crippen LogP contribution in [0.25, 0.3) is 56.2 Å². The predicted molar refractivity (Wildman–Crippen MR) is 280 cm³/mol. The minimum absolute atomic E-state index is 0.636. The molecule has 0 amide bonds. The summed E-state index contributed by atoms with van der Waals surface area (Å²) < 4.78 is 0. The first-order valence-corrected chi connectivity index (χ1v) is 23.3. The number of para-hydroxylation sites is 5. The summed E-state index contributed by atoms with van der Waals surface area (Å²) in [5.74, 6) is 0.636. The lowest BCUT2D eigenvalue weighted by Gasteiger charge is -2.48. The first-order valence-electron chi connectivity index (χ1n) is 23.3. The van der Waals surface area contributed by atoms with E-state index in [4.69, 9.17) is 9.97 Å². The first-order chi connectivity index (χ1) is 34.3. The van der Waals surface area contributed by atoms with E-state index in [2.05, 4.69) is 220 Å². The molecule has 0 fully saturated rings. The molecule has 0 saturated carbocycles. The summed E-state index contributed by atoms with van der Waals surface area (Å²) in [6, 6.07) is 83.4. The van der Waals surface area contributed by atoms with E-state index in [0.717, 1.165) is 84.5 Å². The van der Waals surface area contributed by atoms with Crippen molar-refractivity contribution in [3.8, 4) is 56.2 Å². The highest BCUT2D eigenvalue weighted by atomic mass is 15.2. The highest BCUT2D eigenvalue weighted by Crippen LogP contribution is 2.62. The topological polar surface area (TPSA) is 58.0 Å². The number of benzene rings is 8. The molecule has 0 N–H and O–H groups in total. The zero-order valence-corrected chi connectivity index (χ0v) is 37.4. The van der Waals surface area contributed by atoms with Crippen molar-refractivity contribution >= 4 is 34.1 Å². The van der Waals surface area contributed by atoms with Crippen LogP contribution in [0, 0.1) is 0 Å². The Kier molecular flexibility index (Phi) is 9.61. The molecule has 69 heavy (non-hydrogen) atoms. The lowest BCUT2D eigenvalue weighted by atomic mass is 9.59. The van der Waals surface area contributed by atoms with Gasteiger partial charge in [-0.3, -0.25) is 9.97 Å². The molecule has 11 aromatic rings. The van der Waals surface area contributed by atoms with E-state index in [1.54, 1.807) is 24.8 Å². The van der Waals surface area contributed by atoms with E-state index in [1.165, 1.54) is 22.3 Å². The van der Waals surface area contributed by atoms with Gasteiger partial charge in [0, 0.05) is 64.0 Å². The summed E-state index contributed by atoms with van der Waals surface area (Å²) in [5, 5.41) is 0. The molecule has 5 heterocycles. The molecule has 8 aromatic carbocycles. The maximum Gasteiger partial charge on any atom is 0.160 e. The maximum atomic E-state index is 5.14. The van der Waals surface area contributed by atoms with E-state index in [1.807, 2.05) is 30.3 Å². The van der Waals surface area contributed by atoms with Gasteiger partial charge in [0.2, 0.25) is 0 Å². The number of hydrogen-bond donors (Lipinski definition) is 0. The standard InChI is InChI=1S/C63H42N6/c1-2-16-46(17-3-1)69-60-28-14-10-24-54(60)63(55-25-11-15-29-61(55)69)52-22-8-4-18-48(52)50-20-6-12-26-58(50)68(59-27-13-7-21-51(59)49-19-5-9-23-53(49)63)47-32-30-45(31-33-47)62-66-56(43-34-38-64-39-35-43)42-57(67-62)44-36-40-65-41-37-44/h1-42H. The Balaban J connectivity index is 1.06. The van der Waals surface area contributed by atoms with E-state index in [0.29, 0.717) is 5.82 Å². The Morgan fingerprint density at radius 2 is 0.667 bits per heavy atom. The van der Waals surface area contributed by atoms with Gasteiger partial charge in [0.25, 0.3) is 0 Å². The van der Waals surface area contributed by atoms with Crippen LogP contribution in [0.15, 0.2) is 255 Å². The third kappa shape index (κ3) is 6.49. The molecule has 324 valence electrons. The summed E-state index contributed by atoms with van der Waals surface area (Å²) in [4.78, 5) is 23.7. The molecule has 0 aliphatic carbocycles. The molecule has 1 spiro atoms. The van der Waals surface area contributed by atoms with Crippen LogP contribution in [0.1, 0.15) is 22.3 Å². The van der Waals surface area contributed by atoms with Gasteiger partial charge in [-0.1, -0.05) is 140 Å². The molecule has 2 aliphatic heterocycles. The quantitative estimate of drug-likeness (QED) is 0.172. The zero-order chi connectivity index (χ0) is 45.7. The number of anilines is 6. The fourth-order valence-electron chi connectivity index (χ4n) is 10.8. The van der Waals surface area contributed by atoms with Crippen LogP contribution in [-0.2, 0) is 5.41 Å². The summed E-state index contributed by atoms with van der Waals surface area (Å²) in [6.45, 7) is 0. The number of nitrogens with zero attached hydrogens (tertiary/aromatic N) is 6. The lowest BCUT2D eigenvalue weighted by molar-refractivity contribution is 0.734. The fourth-order valence-corrected chi connectivity index (χ4v) is 10.8. The summed E-state index contributed by atoms with van der Waals surface area (Å²) >= 11 is 0. The van der Waals surface area contributed by atoms with Crippen molar-refractivity contribution < 1.29 is 0 Å². The fraction of sp³-hybridized carbons (Fsp3) is 0.0159. The Morgan fingerprint density at radius 3 is 1.16 bits per heavy atom. The Hall–Kier alpha value is -9.26. The lowest BCUT2D eigenvalue weighted by Crippen LogP contribution is -2.38. The third-order valence-corrected chi connectivity index (χ3v) is 13.7. The van der Waals surface area contributed by atoms with Gasteiger partial charge >= 0.3 is 0 Å². The molecule has 0 bridgehead atoms. The Bertz CT molecular complexity index is 3490. The van der Waals surface area contributed by atoms with Gasteiger partial charge < -0.3 is 9.80 Å². The van der Waals surface area contributed by atoms with Crippen LogP contribution in [0.2, 0.25) is 0 Å². The predicted octanol–water partition coefficient (Wildman–Crippen LogP) is 15.6. The van der Waals surface area contributed by atoms with Gasteiger partial charge in [-0.25, -0.2) is 9.97 Å². The van der Waals surface area contributed by atoms with Crippen LogP contribution >= 0.6 is 0 Å². The molecule has 3 aromatic heterocycles. The minimum Gasteiger partial charge on any atom is -0.310 e. The van der Waals surface area contributed by atoms with Crippen molar-refractivity contribution in [1.29, 1.82) is 0 Å². The number of aromatic nitrogens is 4. The number of rotatable bonds is 5. The molecule has 0 radical (unpaired) electrons.